The lowest BCUT2D eigenvalue weighted by Gasteiger charge is -2.14. The molecule has 2 aromatic carbocycles. The summed E-state index contributed by atoms with van der Waals surface area (Å²) >= 11 is 0. The van der Waals surface area contributed by atoms with Crippen molar-refractivity contribution < 1.29 is 4.74 Å². The van der Waals surface area contributed by atoms with E-state index in [0.717, 1.165) is 22.6 Å². The molecule has 0 unspecified atom stereocenters. The molecule has 0 atom stereocenters. The van der Waals surface area contributed by atoms with Gasteiger partial charge in [-0.3, -0.25) is 0 Å². The van der Waals surface area contributed by atoms with Crippen molar-refractivity contribution in [3.05, 3.63) is 47.5 Å². The molecule has 2 aromatic rings. The predicted molar refractivity (Wildman–Crippen MR) is 71.3 cm³/mol. The molecule has 0 bridgehead atoms. The van der Waals surface area contributed by atoms with E-state index in [1.807, 2.05) is 44.2 Å². The summed E-state index contributed by atoms with van der Waals surface area (Å²) in [4.78, 5) is 0. The van der Waals surface area contributed by atoms with E-state index >= 15 is 0 Å². The SMILES string of the molecule is Cc1c(Oc2ccccc2)cc(N)c(N)c1C. The Balaban J connectivity index is 2.41. The number of ether oxygens (including phenoxy) is 1. The first-order valence-electron chi connectivity index (χ1n) is 5.47. The highest BCUT2D eigenvalue weighted by molar-refractivity contribution is 5.72. The molecule has 0 fully saturated rings. The van der Waals surface area contributed by atoms with Gasteiger partial charge in [0.25, 0.3) is 0 Å². The van der Waals surface area contributed by atoms with Gasteiger partial charge in [0.05, 0.1) is 11.4 Å². The molecule has 0 heterocycles. The number of hydrogen-bond acceptors (Lipinski definition) is 3. The van der Waals surface area contributed by atoms with E-state index in [1.165, 1.54) is 0 Å². The molecule has 0 saturated heterocycles. The molecule has 2 rings (SSSR count). The second-order valence-corrected chi connectivity index (χ2v) is 4.04. The number of hydrogen-bond donors (Lipinski definition) is 2. The van der Waals surface area contributed by atoms with Gasteiger partial charge < -0.3 is 16.2 Å². The van der Waals surface area contributed by atoms with Crippen LogP contribution in [-0.4, -0.2) is 0 Å². The minimum absolute atomic E-state index is 0.555. The van der Waals surface area contributed by atoms with Crippen molar-refractivity contribution in [2.75, 3.05) is 11.5 Å². The molecule has 0 radical (unpaired) electrons. The molecule has 0 saturated carbocycles. The highest BCUT2D eigenvalue weighted by Gasteiger charge is 2.09. The second-order valence-electron chi connectivity index (χ2n) is 4.04. The maximum atomic E-state index is 5.86. The highest BCUT2D eigenvalue weighted by atomic mass is 16.5. The van der Waals surface area contributed by atoms with Crippen molar-refractivity contribution in [1.82, 2.24) is 0 Å². The molecular weight excluding hydrogens is 212 g/mol. The van der Waals surface area contributed by atoms with Crippen molar-refractivity contribution >= 4 is 11.4 Å². The summed E-state index contributed by atoms with van der Waals surface area (Å²) in [5.74, 6) is 1.54. The van der Waals surface area contributed by atoms with Crippen LogP contribution in [0, 0.1) is 13.8 Å². The van der Waals surface area contributed by atoms with Gasteiger partial charge in [-0.05, 0) is 37.1 Å². The van der Waals surface area contributed by atoms with Gasteiger partial charge >= 0.3 is 0 Å². The van der Waals surface area contributed by atoms with E-state index in [9.17, 15) is 0 Å². The zero-order chi connectivity index (χ0) is 12.4. The Labute approximate surface area is 101 Å². The lowest BCUT2D eigenvalue weighted by atomic mass is 10.1. The standard InChI is InChI=1S/C14H16N2O/c1-9-10(2)14(16)12(15)8-13(9)17-11-6-4-3-5-7-11/h3-8H,15-16H2,1-2H3. The molecule has 0 aliphatic carbocycles. The van der Waals surface area contributed by atoms with Gasteiger partial charge in [-0.1, -0.05) is 18.2 Å². The maximum Gasteiger partial charge on any atom is 0.132 e. The van der Waals surface area contributed by atoms with Crippen molar-refractivity contribution in [2.24, 2.45) is 0 Å². The first-order valence-corrected chi connectivity index (χ1v) is 5.47. The summed E-state index contributed by atoms with van der Waals surface area (Å²) in [7, 11) is 0. The van der Waals surface area contributed by atoms with Gasteiger partial charge in [0.2, 0.25) is 0 Å². The fourth-order valence-corrected chi connectivity index (χ4v) is 1.65. The molecule has 0 aliphatic heterocycles. The van der Waals surface area contributed by atoms with E-state index < -0.39 is 0 Å². The van der Waals surface area contributed by atoms with Crippen LogP contribution in [0.2, 0.25) is 0 Å². The molecule has 0 aromatic heterocycles. The number of nitrogens with two attached hydrogens (primary N) is 2. The zero-order valence-electron chi connectivity index (χ0n) is 10.0. The smallest absolute Gasteiger partial charge is 0.132 e. The van der Waals surface area contributed by atoms with Crippen molar-refractivity contribution in [2.45, 2.75) is 13.8 Å². The third-order valence-electron chi connectivity index (χ3n) is 2.90. The first-order chi connectivity index (χ1) is 8.09. The van der Waals surface area contributed by atoms with Gasteiger partial charge in [-0.25, -0.2) is 0 Å². The van der Waals surface area contributed by atoms with Gasteiger partial charge in [-0.15, -0.1) is 0 Å². The summed E-state index contributed by atoms with van der Waals surface area (Å²) in [5.41, 5.74) is 14.9. The number of rotatable bonds is 2. The van der Waals surface area contributed by atoms with Gasteiger partial charge in [0.1, 0.15) is 11.5 Å². The molecule has 0 spiro atoms. The average Bonchev–Trinajstić information content (AvgIpc) is 2.35. The molecule has 0 aliphatic rings. The van der Waals surface area contributed by atoms with Crippen LogP contribution in [0.1, 0.15) is 11.1 Å². The van der Waals surface area contributed by atoms with E-state index in [1.54, 1.807) is 6.07 Å². The van der Waals surface area contributed by atoms with Gasteiger partial charge in [0, 0.05) is 6.07 Å². The summed E-state index contributed by atoms with van der Waals surface area (Å²) < 4.78 is 5.79. The van der Waals surface area contributed by atoms with Crippen LogP contribution in [0.25, 0.3) is 0 Å². The van der Waals surface area contributed by atoms with E-state index in [2.05, 4.69) is 0 Å². The summed E-state index contributed by atoms with van der Waals surface area (Å²) in [6.45, 7) is 3.92. The summed E-state index contributed by atoms with van der Waals surface area (Å²) in [6.07, 6.45) is 0. The molecule has 88 valence electrons. The van der Waals surface area contributed by atoms with E-state index in [4.69, 9.17) is 16.2 Å². The minimum atomic E-state index is 0.555. The van der Waals surface area contributed by atoms with Crippen molar-refractivity contribution in [3.8, 4) is 11.5 Å². The Morgan fingerprint density at radius 1 is 0.941 bits per heavy atom. The number of anilines is 2. The lowest BCUT2D eigenvalue weighted by Crippen LogP contribution is -2.01. The van der Waals surface area contributed by atoms with Crippen LogP contribution in [0.15, 0.2) is 36.4 Å². The largest absolute Gasteiger partial charge is 0.457 e. The monoisotopic (exact) mass is 228 g/mol. The highest BCUT2D eigenvalue weighted by Crippen LogP contribution is 2.33. The molecule has 3 nitrogen and oxygen atoms in total. The van der Waals surface area contributed by atoms with Gasteiger partial charge in [-0.2, -0.15) is 0 Å². The van der Waals surface area contributed by atoms with Crippen LogP contribution >= 0.6 is 0 Å². The Morgan fingerprint density at radius 2 is 1.59 bits per heavy atom. The normalized spacial score (nSPS) is 10.2. The average molecular weight is 228 g/mol. The number of nitrogen functional groups attached to an aromatic ring is 2. The maximum absolute atomic E-state index is 5.86. The van der Waals surface area contributed by atoms with Crippen molar-refractivity contribution in [1.29, 1.82) is 0 Å². The first kappa shape index (κ1) is 11.3. The van der Waals surface area contributed by atoms with E-state index in [-0.39, 0.29) is 0 Å². The fraction of sp³-hybridized carbons (Fsp3) is 0.143. The molecule has 3 heteroatoms. The quantitative estimate of drug-likeness (QED) is 0.775. The predicted octanol–water partition coefficient (Wildman–Crippen LogP) is 3.26. The van der Waals surface area contributed by atoms with Crippen LogP contribution in [0.3, 0.4) is 0 Å². The fourth-order valence-electron chi connectivity index (χ4n) is 1.65. The second kappa shape index (κ2) is 4.37. The van der Waals surface area contributed by atoms with Crippen molar-refractivity contribution in [3.63, 3.8) is 0 Å². The van der Waals surface area contributed by atoms with Gasteiger partial charge in [0.15, 0.2) is 0 Å². The zero-order valence-corrected chi connectivity index (χ0v) is 10.0. The van der Waals surface area contributed by atoms with E-state index in [0.29, 0.717) is 11.4 Å². The van der Waals surface area contributed by atoms with Crippen LogP contribution < -0.4 is 16.2 Å². The Morgan fingerprint density at radius 3 is 2.24 bits per heavy atom. The Bertz CT molecular complexity index is 536. The summed E-state index contributed by atoms with van der Waals surface area (Å²) in [5, 5.41) is 0. The molecule has 0 amide bonds. The summed E-state index contributed by atoms with van der Waals surface area (Å²) in [6, 6.07) is 11.4. The van der Waals surface area contributed by atoms with Crippen LogP contribution in [0.4, 0.5) is 11.4 Å². The third-order valence-corrected chi connectivity index (χ3v) is 2.90. The molecule has 4 N–H and O–H groups in total. The topological polar surface area (TPSA) is 61.3 Å². The number of para-hydroxylation sites is 1. The van der Waals surface area contributed by atoms with Crippen LogP contribution in [-0.2, 0) is 0 Å². The van der Waals surface area contributed by atoms with Crippen LogP contribution in [0.5, 0.6) is 11.5 Å². The lowest BCUT2D eigenvalue weighted by molar-refractivity contribution is 0.479. The molecular formula is C14H16N2O. The Kier molecular flexibility index (Phi) is 2.91. The Hall–Kier alpha value is -2.16. The third kappa shape index (κ3) is 2.18. The molecule has 17 heavy (non-hydrogen) atoms. The minimum Gasteiger partial charge on any atom is -0.457 e. The number of benzene rings is 2.